The largest absolute Gasteiger partial charge is 0.354 e. The van der Waals surface area contributed by atoms with Crippen molar-refractivity contribution in [3.8, 4) is 0 Å². The molecule has 1 aliphatic carbocycles. The Hall–Kier alpha value is -0.610. The lowest BCUT2D eigenvalue weighted by Crippen LogP contribution is -2.47. The molecule has 19 heavy (non-hydrogen) atoms. The molecule has 1 aliphatic heterocycles. The number of nitrogens with zero attached hydrogens (tertiary/aromatic N) is 1. The normalized spacial score (nSPS) is 37.0. The monoisotopic (exact) mass is 267 g/mol. The standard InChI is InChI=1S/C15H29N3O/c1-11-9-12(16)6-7-14(11)15(19)17-10-13-5-3-4-8-18(13)2/h11-14H,3-10,16H2,1-2H3,(H,17,19). The first-order valence-electron chi connectivity index (χ1n) is 7.81. The quantitative estimate of drug-likeness (QED) is 0.811. The van der Waals surface area contributed by atoms with Crippen LogP contribution in [0.15, 0.2) is 0 Å². The molecule has 0 spiro atoms. The number of carbonyl (C=O) groups is 1. The Morgan fingerprint density at radius 3 is 2.79 bits per heavy atom. The van der Waals surface area contributed by atoms with E-state index in [0.29, 0.717) is 18.0 Å². The molecule has 3 N–H and O–H groups in total. The van der Waals surface area contributed by atoms with E-state index in [-0.39, 0.29) is 11.8 Å². The SMILES string of the molecule is CC1CC(N)CCC1C(=O)NCC1CCCCN1C. The Balaban J connectivity index is 1.77. The summed E-state index contributed by atoms with van der Waals surface area (Å²) in [6, 6.07) is 0.822. The van der Waals surface area contributed by atoms with E-state index in [2.05, 4.69) is 24.2 Å². The summed E-state index contributed by atoms with van der Waals surface area (Å²) >= 11 is 0. The Labute approximate surface area is 117 Å². The summed E-state index contributed by atoms with van der Waals surface area (Å²) in [5.74, 6) is 0.847. The molecular weight excluding hydrogens is 238 g/mol. The van der Waals surface area contributed by atoms with Gasteiger partial charge in [0.05, 0.1) is 0 Å². The molecule has 0 aromatic heterocycles. The lowest BCUT2D eigenvalue weighted by molar-refractivity contribution is -0.127. The van der Waals surface area contributed by atoms with E-state index in [4.69, 9.17) is 5.73 Å². The van der Waals surface area contributed by atoms with Gasteiger partial charge in [-0.05, 0) is 51.6 Å². The third kappa shape index (κ3) is 3.93. The Bertz CT molecular complexity index is 308. The van der Waals surface area contributed by atoms with Gasteiger partial charge in [0.15, 0.2) is 0 Å². The van der Waals surface area contributed by atoms with Gasteiger partial charge >= 0.3 is 0 Å². The van der Waals surface area contributed by atoms with Crippen LogP contribution in [0, 0.1) is 11.8 Å². The Kier molecular flexibility index (Phi) is 5.22. The van der Waals surface area contributed by atoms with Crippen molar-refractivity contribution in [2.45, 2.75) is 57.5 Å². The molecule has 0 aromatic carbocycles. The van der Waals surface area contributed by atoms with Gasteiger partial charge < -0.3 is 16.0 Å². The van der Waals surface area contributed by atoms with Crippen LogP contribution in [-0.2, 0) is 4.79 Å². The van der Waals surface area contributed by atoms with E-state index in [0.717, 1.165) is 32.4 Å². The molecule has 1 saturated carbocycles. The average Bonchev–Trinajstić information content (AvgIpc) is 2.37. The fourth-order valence-electron chi connectivity index (χ4n) is 3.58. The van der Waals surface area contributed by atoms with Gasteiger partial charge in [-0.15, -0.1) is 0 Å². The fourth-order valence-corrected chi connectivity index (χ4v) is 3.58. The maximum atomic E-state index is 12.3. The van der Waals surface area contributed by atoms with E-state index in [9.17, 15) is 4.79 Å². The minimum Gasteiger partial charge on any atom is -0.354 e. The number of amides is 1. The summed E-state index contributed by atoms with van der Waals surface area (Å²) < 4.78 is 0. The summed E-state index contributed by atoms with van der Waals surface area (Å²) in [5, 5.41) is 3.18. The Morgan fingerprint density at radius 2 is 2.11 bits per heavy atom. The zero-order valence-corrected chi connectivity index (χ0v) is 12.4. The van der Waals surface area contributed by atoms with Gasteiger partial charge in [-0.3, -0.25) is 4.79 Å². The van der Waals surface area contributed by atoms with Crippen molar-refractivity contribution in [3.05, 3.63) is 0 Å². The highest BCUT2D eigenvalue weighted by Crippen LogP contribution is 2.29. The molecule has 4 nitrogen and oxygen atoms in total. The van der Waals surface area contributed by atoms with Gasteiger partial charge in [-0.1, -0.05) is 13.3 Å². The number of likely N-dealkylation sites (tertiary alicyclic amines) is 1. The third-order valence-corrected chi connectivity index (χ3v) is 4.98. The van der Waals surface area contributed by atoms with Crippen LogP contribution in [0.4, 0.5) is 0 Å². The van der Waals surface area contributed by atoms with E-state index < -0.39 is 0 Å². The Morgan fingerprint density at radius 1 is 1.32 bits per heavy atom. The first-order chi connectivity index (χ1) is 9.08. The van der Waals surface area contributed by atoms with Crippen LogP contribution in [0.25, 0.3) is 0 Å². The molecule has 0 bridgehead atoms. The number of piperidine rings is 1. The second-order valence-corrected chi connectivity index (χ2v) is 6.53. The minimum absolute atomic E-state index is 0.175. The molecule has 2 rings (SSSR count). The van der Waals surface area contributed by atoms with Crippen LogP contribution in [-0.4, -0.2) is 43.0 Å². The molecule has 110 valence electrons. The summed E-state index contributed by atoms with van der Waals surface area (Å²) in [7, 11) is 2.16. The number of rotatable bonds is 3. The number of hydrogen-bond acceptors (Lipinski definition) is 3. The van der Waals surface area contributed by atoms with Crippen molar-refractivity contribution < 1.29 is 4.79 Å². The van der Waals surface area contributed by atoms with Gasteiger partial charge in [0.1, 0.15) is 0 Å². The molecule has 2 aliphatic rings. The first kappa shape index (κ1) is 14.8. The number of carbonyl (C=O) groups excluding carboxylic acids is 1. The highest BCUT2D eigenvalue weighted by atomic mass is 16.1. The van der Waals surface area contributed by atoms with Gasteiger partial charge in [0, 0.05) is 24.5 Å². The van der Waals surface area contributed by atoms with Crippen LogP contribution >= 0.6 is 0 Å². The van der Waals surface area contributed by atoms with E-state index in [1.54, 1.807) is 0 Å². The minimum atomic E-state index is 0.175. The molecule has 1 heterocycles. The highest BCUT2D eigenvalue weighted by molar-refractivity contribution is 5.79. The summed E-state index contributed by atoms with van der Waals surface area (Å²) in [5.41, 5.74) is 5.96. The molecule has 4 atom stereocenters. The summed E-state index contributed by atoms with van der Waals surface area (Å²) in [6.45, 7) is 4.13. The first-order valence-corrected chi connectivity index (χ1v) is 7.81. The molecule has 2 fully saturated rings. The predicted molar refractivity (Wildman–Crippen MR) is 77.8 cm³/mol. The molecule has 0 aromatic rings. The van der Waals surface area contributed by atoms with Gasteiger partial charge in [-0.2, -0.15) is 0 Å². The van der Waals surface area contributed by atoms with E-state index in [1.165, 1.54) is 19.3 Å². The van der Waals surface area contributed by atoms with Crippen molar-refractivity contribution in [2.24, 2.45) is 17.6 Å². The van der Waals surface area contributed by atoms with Crippen LogP contribution in [0.2, 0.25) is 0 Å². The van der Waals surface area contributed by atoms with Crippen molar-refractivity contribution in [2.75, 3.05) is 20.1 Å². The van der Waals surface area contributed by atoms with Gasteiger partial charge in [0.2, 0.25) is 5.91 Å². The van der Waals surface area contributed by atoms with Gasteiger partial charge in [-0.25, -0.2) is 0 Å². The van der Waals surface area contributed by atoms with E-state index >= 15 is 0 Å². The fraction of sp³-hybridized carbons (Fsp3) is 0.933. The highest BCUT2D eigenvalue weighted by Gasteiger charge is 2.31. The average molecular weight is 267 g/mol. The third-order valence-electron chi connectivity index (χ3n) is 4.98. The smallest absolute Gasteiger partial charge is 0.223 e. The topological polar surface area (TPSA) is 58.4 Å². The van der Waals surface area contributed by atoms with Crippen molar-refractivity contribution >= 4 is 5.91 Å². The molecule has 4 heteroatoms. The van der Waals surface area contributed by atoms with Crippen molar-refractivity contribution in [1.29, 1.82) is 0 Å². The maximum Gasteiger partial charge on any atom is 0.223 e. The molecule has 0 radical (unpaired) electrons. The molecule has 4 unspecified atom stereocenters. The number of hydrogen-bond donors (Lipinski definition) is 2. The van der Waals surface area contributed by atoms with Crippen LogP contribution < -0.4 is 11.1 Å². The lowest BCUT2D eigenvalue weighted by Gasteiger charge is -2.34. The van der Waals surface area contributed by atoms with Crippen LogP contribution in [0.1, 0.15) is 45.4 Å². The summed E-state index contributed by atoms with van der Waals surface area (Å²) in [6.07, 6.45) is 6.72. The summed E-state index contributed by atoms with van der Waals surface area (Å²) in [4.78, 5) is 14.7. The van der Waals surface area contributed by atoms with Crippen LogP contribution in [0.5, 0.6) is 0 Å². The van der Waals surface area contributed by atoms with Crippen molar-refractivity contribution in [3.63, 3.8) is 0 Å². The predicted octanol–water partition coefficient (Wildman–Crippen LogP) is 1.35. The zero-order valence-electron chi connectivity index (χ0n) is 12.4. The maximum absolute atomic E-state index is 12.3. The molecule has 1 saturated heterocycles. The molecular formula is C15H29N3O. The van der Waals surface area contributed by atoms with Crippen LogP contribution in [0.3, 0.4) is 0 Å². The van der Waals surface area contributed by atoms with Crippen molar-refractivity contribution in [1.82, 2.24) is 10.2 Å². The number of nitrogens with one attached hydrogen (secondary N) is 1. The second-order valence-electron chi connectivity index (χ2n) is 6.53. The zero-order chi connectivity index (χ0) is 13.8. The van der Waals surface area contributed by atoms with Gasteiger partial charge in [0.25, 0.3) is 0 Å². The lowest BCUT2D eigenvalue weighted by atomic mass is 9.78. The number of nitrogens with two attached hydrogens (primary N) is 1. The number of likely N-dealkylation sites (N-methyl/N-ethyl adjacent to an activating group) is 1. The molecule has 1 amide bonds. The second kappa shape index (κ2) is 6.71. The van der Waals surface area contributed by atoms with E-state index in [1.807, 2.05) is 0 Å².